The van der Waals surface area contributed by atoms with Gasteiger partial charge < -0.3 is 15.0 Å². The summed E-state index contributed by atoms with van der Waals surface area (Å²) < 4.78 is 1.95. The highest BCUT2D eigenvalue weighted by Crippen LogP contribution is 2.18. The minimum atomic E-state index is -0.584. The van der Waals surface area contributed by atoms with E-state index in [9.17, 15) is 5.11 Å². The molecule has 0 saturated carbocycles. The highest BCUT2D eigenvalue weighted by molar-refractivity contribution is 5.01. The molecule has 4 nitrogen and oxygen atoms in total. The third-order valence-electron chi connectivity index (χ3n) is 2.63. The van der Waals surface area contributed by atoms with Gasteiger partial charge in [-0.25, -0.2) is 4.98 Å². The van der Waals surface area contributed by atoms with Crippen LogP contribution in [0.25, 0.3) is 0 Å². The number of rotatable bonds is 2. The molecule has 1 fully saturated rings. The third-order valence-corrected chi connectivity index (χ3v) is 2.63. The number of aromatic nitrogens is 2. The van der Waals surface area contributed by atoms with Crippen molar-refractivity contribution in [2.24, 2.45) is 7.05 Å². The normalized spacial score (nSPS) is 28.2. The second-order valence-electron chi connectivity index (χ2n) is 3.78. The lowest BCUT2D eigenvalue weighted by Gasteiger charge is -2.20. The molecule has 0 radical (unpaired) electrons. The predicted octanol–water partition coefficient (Wildman–Crippen LogP) is -0.313. The first kappa shape index (κ1) is 8.72. The van der Waals surface area contributed by atoms with Gasteiger partial charge in [0.05, 0.1) is 5.60 Å². The van der Waals surface area contributed by atoms with Crippen LogP contribution in [0.15, 0.2) is 12.4 Å². The minimum Gasteiger partial charge on any atom is -0.388 e. The van der Waals surface area contributed by atoms with Gasteiger partial charge in [-0.05, 0) is 13.0 Å². The van der Waals surface area contributed by atoms with Crippen molar-refractivity contribution in [2.45, 2.75) is 18.4 Å². The summed E-state index contributed by atoms with van der Waals surface area (Å²) in [6.07, 6.45) is 5.13. The molecule has 2 heterocycles. The summed E-state index contributed by atoms with van der Waals surface area (Å²) >= 11 is 0. The zero-order valence-electron chi connectivity index (χ0n) is 7.82. The summed E-state index contributed by atoms with van der Waals surface area (Å²) in [6, 6.07) is 0. The summed E-state index contributed by atoms with van der Waals surface area (Å²) in [5, 5.41) is 13.2. The summed E-state index contributed by atoms with van der Waals surface area (Å²) in [5.74, 6) is 0.950. The van der Waals surface area contributed by atoms with Gasteiger partial charge in [-0.1, -0.05) is 0 Å². The summed E-state index contributed by atoms with van der Waals surface area (Å²) in [7, 11) is 1.95. The number of nitrogens with one attached hydrogen (secondary N) is 1. The van der Waals surface area contributed by atoms with Crippen LogP contribution < -0.4 is 5.32 Å². The molecule has 0 aliphatic carbocycles. The first-order chi connectivity index (χ1) is 6.20. The van der Waals surface area contributed by atoms with E-state index in [1.807, 2.05) is 17.8 Å². The maximum atomic E-state index is 10.1. The Hall–Kier alpha value is -0.870. The first-order valence-electron chi connectivity index (χ1n) is 4.59. The minimum absolute atomic E-state index is 0.584. The number of hydrogen-bond acceptors (Lipinski definition) is 3. The number of aliphatic hydroxyl groups is 1. The van der Waals surface area contributed by atoms with Crippen LogP contribution in [0.4, 0.5) is 0 Å². The fourth-order valence-electron chi connectivity index (χ4n) is 1.74. The molecule has 0 amide bonds. The van der Waals surface area contributed by atoms with Crippen LogP contribution in [0, 0.1) is 0 Å². The number of β-amino-alcohol motifs (C(OH)–C–C–N with tert-alkyl or cyclic N) is 1. The highest BCUT2D eigenvalue weighted by Gasteiger charge is 2.32. The Morgan fingerprint density at radius 2 is 2.62 bits per heavy atom. The van der Waals surface area contributed by atoms with Gasteiger partial charge in [-0.15, -0.1) is 0 Å². The van der Waals surface area contributed by atoms with Gasteiger partial charge >= 0.3 is 0 Å². The molecule has 1 aromatic heterocycles. The molecule has 1 saturated heterocycles. The molecule has 1 aliphatic rings. The van der Waals surface area contributed by atoms with Gasteiger partial charge in [0, 0.05) is 32.4 Å². The molecule has 13 heavy (non-hydrogen) atoms. The third kappa shape index (κ3) is 1.73. The molecule has 0 aromatic carbocycles. The molecule has 2 rings (SSSR count). The molecule has 4 heteroatoms. The fourth-order valence-corrected chi connectivity index (χ4v) is 1.74. The SMILES string of the molecule is Cn1ccnc1CC1(O)CCNC1. The lowest BCUT2D eigenvalue weighted by molar-refractivity contribution is 0.0591. The largest absolute Gasteiger partial charge is 0.388 e. The second kappa shape index (κ2) is 3.12. The van der Waals surface area contributed by atoms with Gasteiger partial charge in [-0.2, -0.15) is 0 Å². The Labute approximate surface area is 77.6 Å². The van der Waals surface area contributed by atoms with Crippen LogP contribution in [-0.4, -0.2) is 33.3 Å². The Bertz CT molecular complexity index is 289. The van der Waals surface area contributed by atoms with Crippen molar-refractivity contribution >= 4 is 0 Å². The van der Waals surface area contributed by atoms with Crippen LogP contribution in [-0.2, 0) is 13.5 Å². The molecule has 1 unspecified atom stereocenters. The smallest absolute Gasteiger partial charge is 0.111 e. The van der Waals surface area contributed by atoms with E-state index in [1.54, 1.807) is 6.20 Å². The van der Waals surface area contributed by atoms with Crippen molar-refractivity contribution in [1.82, 2.24) is 14.9 Å². The van der Waals surface area contributed by atoms with Crippen LogP contribution in [0.3, 0.4) is 0 Å². The van der Waals surface area contributed by atoms with E-state index in [4.69, 9.17) is 0 Å². The van der Waals surface area contributed by atoms with E-state index < -0.39 is 5.60 Å². The molecule has 2 N–H and O–H groups in total. The Morgan fingerprint density at radius 1 is 1.77 bits per heavy atom. The molecule has 0 spiro atoms. The van der Waals surface area contributed by atoms with Crippen LogP contribution >= 0.6 is 0 Å². The van der Waals surface area contributed by atoms with E-state index in [2.05, 4.69) is 10.3 Å². The van der Waals surface area contributed by atoms with Crippen molar-refractivity contribution in [3.63, 3.8) is 0 Å². The average molecular weight is 181 g/mol. The van der Waals surface area contributed by atoms with Gasteiger partial charge in [0.2, 0.25) is 0 Å². The van der Waals surface area contributed by atoms with E-state index >= 15 is 0 Å². The Balaban J connectivity index is 2.09. The standard InChI is InChI=1S/C9H15N3O/c1-12-5-4-11-8(12)6-9(13)2-3-10-7-9/h4-5,10,13H,2-3,6-7H2,1H3. The summed E-state index contributed by atoms with van der Waals surface area (Å²) in [5.41, 5.74) is -0.584. The Kier molecular flexibility index (Phi) is 2.09. The number of imidazole rings is 1. The monoisotopic (exact) mass is 181 g/mol. The van der Waals surface area contributed by atoms with E-state index in [0.29, 0.717) is 13.0 Å². The topological polar surface area (TPSA) is 50.1 Å². The molecule has 1 aliphatic heterocycles. The lowest BCUT2D eigenvalue weighted by atomic mass is 9.99. The van der Waals surface area contributed by atoms with E-state index in [-0.39, 0.29) is 0 Å². The van der Waals surface area contributed by atoms with Crippen LogP contribution in [0.2, 0.25) is 0 Å². The zero-order valence-corrected chi connectivity index (χ0v) is 7.82. The fraction of sp³-hybridized carbons (Fsp3) is 0.667. The molecular weight excluding hydrogens is 166 g/mol. The first-order valence-corrected chi connectivity index (χ1v) is 4.59. The molecular formula is C9H15N3O. The van der Waals surface area contributed by atoms with E-state index in [0.717, 1.165) is 18.8 Å². The molecule has 1 atom stereocenters. The van der Waals surface area contributed by atoms with Crippen molar-refractivity contribution in [3.05, 3.63) is 18.2 Å². The molecule has 72 valence electrons. The Morgan fingerprint density at radius 3 is 3.15 bits per heavy atom. The van der Waals surface area contributed by atoms with Crippen LogP contribution in [0.1, 0.15) is 12.2 Å². The summed E-state index contributed by atoms with van der Waals surface area (Å²) in [6.45, 7) is 1.58. The lowest BCUT2D eigenvalue weighted by Crippen LogP contribution is -2.34. The van der Waals surface area contributed by atoms with Gasteiger partial charge in [0.15, 0.2) is 0 Å². The quantitative estimate of drug-likeness (QED) is 0.658. The highest BCUT2D eigenvalue weighted by atomic mass is 16.3. The predicted molar refractivity (Wildman–Crippen MR) is 49.3 cm³/mol. The average Bonchev–Trinajstić information content (AvgIpc) is 2.64. The molecule has 0 bridgehead atoms. The van der Waals surface area contributed by atoms with Crippen LogP contribution in [0.5, 0.6) is 0 Å². The maximum Gasteiger partial charge on any atom is 0.111 e. The summed E-state index contributed by atoms with van der Waals surface area (Å²) in [4.78, 5) is 4.20. The van der Waals surface area contributed by atoms with E-state index in [1.165, 1.54) is 0 Å². The van der Waals surface area contributed by atoms with Gasteiger partial charge in [0.25, 0.3) is 0 Å². The van der Waals surface area contributed by atoms with Crippen molar-refractivity contribution < 1.29 is 5.11 Å². The second-order valence-corrected chi connectivity index (χ2v) is 3.78. The zero-order chi connectivity index (χ0) is 9.31. The van der Waals surface area contributed by atoms with Crippen molar-refractivity contribution in [2.75, 3.05) is 13.1 Å². The van der Waals surface area contributed by atoms with Crippen molar-refractivity contribution in [1.29, 1.82) is 0 Å². The molecule has 1 aromatic rings. The number of aryl methyl sites for hydroxylation is 1. The number of hydrogen-bond donors (Lipinski definition) is 2. The van der Waals surface area contributed by atoms with Gasteiger partial charge in [0.1, 0.15) is 5.82 Å². The number of nitrogens with zero attached hydrogens (tertiary/aromatic N) is 2. The maximum absolute atomic E-state index is 10.1. The van der Waals surface area contributed by atoms with Gasteiger partial charge in [-0.3, -0.25) is 0 Å². The van der Waals surface area contributed by atoms with Crippen molar-refractivity contribution in [3.8, 4) is 0 Å².